The molecule has 118 valence electrons. The molecule has 1 saturated carbocycles. The third-order valence-electron chi connectivity index (χ3n) is 4.27. The Kier molecular flexibility index (Phi) is 6.31. The molecule has 0 spiro atoms. The summed E-state index contributed by atoms with van der Waals surface area (Å²) in [5.74, 6) is 1.70. The van der Waals surface area contributed by atoms with Crippen molar-refractivity contribution in [2.24, 2.45) is 5.92 Å². The Labute approximate surface area is 134 Å². The second-order valence-corrected chi connectivity index (χ2v) is 6.97. The highest BCUT2D eigenvalue weighted by molar-refractivity contribution is 6.31. The molecule has 1 aromatic heterocycles. The van der Waals surface area contributed by atoms with E-state index >= 15 is 0 Å². The minimum Gasteiger partial charge on any atom is -0.357 e. The molecule has 21 heavy (non-hydrogen) atoms. The van der Waals surface area contributed by atoms with E-state index in [9.17, 15) is 0 Å². The number of pyridine rings is 1. The molecule has 0 amide bonds. The molecule has 3 nitrogen and oxygen atoms in total. The van der Waals surface area contributed by atoms with Crippen LogP contribution in [0.5, 0.6) is 0 Å². The van der Waals surface area contributed by atoms with Gasteiger partial charge in [0.25, 0.3) is 0 Å². The van der Waals surface area contributed by atoms with Gasteiger partial charge in [0, 0.05) is 25.8 Å². The van der Waals surface area contributed by atoms with E-state index in [4.69, 9.17) is 11.6 Å². The summed E-state index contributed by atoms with van der Waals surface area (Å²) in [5.41, 5.74) is 1.14. The Balaban J connectivity index is 2.02. The van der Waals surface area contributed by atoms with Crippen LogP contribution < -0.4 is 10.2 Å². The lowest BCUT2D eigenvalue weighted by atomic mass is 9.94. The van der Waals surface area contributed by atoms with Crippen molar-refractivity contribution >= 4 is 17.4 Å². The van der Waals surface area contributed by atoms with Gasteiger partial charge in [0.2, 0.25) is 0 Å². The summed E-state index contributed by atoms with van der Waals surface area (Å²) in [6, 6.07) is 2.77. The van der Waals surface area contributed by atoms with Crippen molar-refractivity contribution in [2.45, 2.75) is 58.5 Å². The zero-order valence-corrected chi connectivity index (χ0v) is 14.3. The second-order valence-electron chi connectivity index (χ2n) is 6.56. The van der Waals surface area contributed by atoms with Gasteiger partial charge in [-0.05, 0) is 36.9 Å². The molecule has 1 heterocycles. The van der Waals surface area contributed by atoms with Crippen LogP contribution in [0.25, 0.3) is 0 Å². The van der Waals surface area contributed by atoms with Gasteiger partial charge in [0.15, 0.2) is 0 Å². The van der Waals surface area contributed by atoms with Crippen LogP contribution in [0.1, 0.15) is 51.5 Å². The lowest BCUT2D eigenvalue weighted by molar-refractivity contribution is 0.426. The van der Waals surface area contributed by atoms with Gasteiger partial charge in [-0.3, -0.25) is 0 Å². The Bertz CT molecular complexity index is 442. The SMILES string of the molecule is CC(C)CNCc1cc(N(C)C2CCCCC2)ncc1Cl. The number of halogens is 1. The first-order valence-electron chi connectivity index (χ1n) is 8.16. The van der Waals surface area contributed by atoms with E-state index in [-0.39, 0.29) is 0 Å². The summed E-state index contributed by atoms with van der Waals surface area (Å²) in [6.07, 6.45) is 8.41. The Morgan fingerprint density at radius 2 is 2.05 bits per heavy atom. The van der Waals surface area contributed by atoms with Crippen LogP contribution in [0, 0.1) is 5.92 Å². The summed E-state index contributed by atoms with van der Waals surface area (Å²) >= 11 is 6.28. The maximum Gasteiger partial charge on any atom is 0.128 e. The number of nitrogens with one attached hydrogen (secondary N) is 1. The first-order chi connectivity index (χ1) is 10.1. The fraction of sp³-hybridized carbons (Fsp3) is 0.706. The number of anilines is 1. The van der Waals surface area contributed by atoms with Crippen molar-refractivity contribution in [3.05, 3.63) is 22.8 Å². The van der Waals surface area contributed by atoms with Gasteiger partial charge < -0.3 is 10.2 Å². The van der Waals surface area contributed by atoms with E-state index in [1.807, 2.05) is 0 Å². The molecule has 0 aromatic carbocycles. The molecule has 0 atom stereocenters. The maximum atomic E-state index is 6.28. The van der Waals surface area contributed by atoms with Crippen LogP contribution in [0.2, 0.25) is 5.02 Å². The third-order valence-corrected chi connectivity index (χ3v) is 4.61. The zero-order chi connectivity index (χ0) is 15.2. The summed E-state index contributed by atoms with van der Waals surface area (Å²) in [4.78, 5) is 6.86. The molecular formula is C17H28ClN3. The van der Waals surface area contributed by atoms with Crippen LogP contribution in [-0.2, 0) is 6.54 Å². The van der Waals surface area contributed by atoms with Crippen molar-refractivity contribution in [1.29, 1.82) is 0 Å². The van der Waals surface area contributed by atoms with Gasteiger partial charge in [-0.2, -0.15) is 0 Å². The Hall–Kier alpha value is -0.800. The number of rotatable bonds is 6. The van der Waals surface area contributed by atoms with Crippen LogP contribution >= 0.6 is 11.6 Å². The lowest BCUT2D eigenvalue weighted by Gasteiger charge is -2.32. The smallest absolute Gasteiger partial charge is 0.128 e. The normalized spacial score (nSPS) is 16.4. The monoisotopic (exact) mass is 309 g/mol. The first kappa shape index (κ1) is 16.6. The molecule has 1 fully saturated rings. The first-order valence-corrected chi connectivity index (χ1v) is 8.53. The number of nitrogens with zero attached hydrogens (tertiary/aromatic N) is 2. The molecule has 2 rings (SSSR count). The average molecular weight is 310 g/mol. The maximum absolute atomic E-state index is 6.28. The topological polar surface area (TPSA) is 28.2 Å². The van der Waals surface area contributed by atoms with Crippen LogP contribution in [-0.4, -0.2) is 24.6 Å². The van der Waals surface area contributed by atoms with Gasteiger partial charge in [-0.25, -0.2) is 4.98 Å². The van der Waals surface area contributed by atoms with Crippen molar-refractivity contribution in [2.75, 3.05) is 18.5 Å². The van der Waals surface area contributed by atoms with E-state index < -0.39 is 0 Å². The van der Waals surface area contributed by atoms with Gasteiger partial charge in [-0.1, -0.05) is 44.7 Å². The predicted molar refractivity (Wildman–Crippen MR) is 91.1 cm³/mol. The van der Waals surface area contributed by atoms with Crippen molar-refractivity contribution in [1.82, 2.24) is 10.3 Å². The fourth-order valence-electron chi connectivity index (χ4n) is 2.95. The minimum atomic E-state index is 0.629. The van der Waals surface area contributed by atoms with E-state index in [0.717, 1.165) is 29.5 Å². The van der Waals surface area contributed by atoms with Crippen LogP contribution in [0.3, 0.4) is 0 Å². The molecule has 1 N–H and O–H groups in total. The summed E-state index contributed by atoms with van der Waals surface area (Å²) < 4.78 is 0. The van der Waals surface area contributed by atoms with Gasteiger partial charge >= 0.3 is 0 Å². The number of hydrogen-bond donors (Lipinski definition) is 1. The van der Waals surface area contributed by atoms with E-state index in [2.05, 4.69) is 42.2 Å². The molecule has 4 heteroatoms. The minimum absolute atomic E-state index is 0.629. The summed E-state index contributed by atoms with van der Waals surface area (Å²) in [5, 5.41) is 4.21. The van der Waals surface area contributed by atoms with E-state index in [1.165, 1.54) is 32.1 Å². The highest BCUT2D eigenvalue weighted by Crippen LogP contribution is 2.27. The zero-order valence-electron chi connectivity index (χ0n) is 13.5. The highest BCUT2D eigenvalue weighted by atomic mass is 35.5. The van der Waals surface area contributed by atoms with Crippen molar-refractivity contribution in [3.63, 3.8) is 0 Å². The van der Waals surface area contributed by atoms with Gasteiger partial charge in [0.1, 0.15) is 5.82 Å². The highest BCUT2D eigenvalue weighted by Gasteiger charge is 2.19. The number of hydrogen-bond acceptors (Lipinski definition) is 3. The lowest BCUT2D eigenvalue weighted by Crippen LogP contribution is -2.34. The Morgan fingerprint density at radius 3 is 2.71 bits per heavy atom. The molecular weight excluding hydrogens is 282 g/mol. The van der Waals surface area contributed by atoms with Crippen molar-refractivity contribution < 1.29 is 0 Å². The van der Waals surface area contributed by atoms with Crippen molar-refractivity contribution in [3.8, 4) is 0 Å². The van der Waals surface area contributed by atoms with E-state index in [0.29, 0.717) is 12.0 Å². The van der Waals surface area contributed by atoms with Gasteiger partial charge in [-0.15, -0.1) is 0 Å². The molecule has 1 aliphatic rings. The third kappa shape index (κ3) is 4.86. The molecule has 0 radical (unpaired) electrons. The Morgan fingerprint density at radius 1 is 1.33 bits per heavy atom. The second kappa shape index (κ2) is 8.00. The molecule has 1 aliphatic carbocycles. The largest absolute Gasteiger partial charge is 0.357 e. The van der Waals surface area contributed by atoms with E-state index in [1.54, 1.807) is 6.20 Å². The fourth-order valence-corrected chi connectivity index (χ4v) is 3.12. The van der Waals surface area contributed by atoms with Gasteiger partial charge in [0.05, 0.1) is 5.02 Å². The average Bonchev–Trinajstić information content (AvgIpc) is 2.49. The molecule has 1 aromatic rings. The standard InChI is InChI=1S/C17H28ClN3/c1-13(2)10-19-11-14-9-17(20-12-16(14)18)21(3)15-7-5-4-6-8-15/h9,12-13,15,19H,4-8,10-11H2,1-3H3. The number of aromatic nitrogens is 1. The van der Waals surface area contributed by atoms with Crippen LogP contribution in [0.15, 0.2) is 12.3 Å². The van der Waals surface area contributed by atoms with Crippen LogP contribution in [0.4, 0.5) is 5.82 Å². The molecule has 0 bridgehead atoms. The molecule has 0 unspecified atom stereocenters. The quantitative estimate of drug-likeness (QED) is 0.851. The molecule has 0 aliphatic heterocycles. The summed E-state index contributed by atoms with van der Waals surface area (Å²) in [7, 11) is 2.16. The summed E-state index contributed by atoms with van der Waals surface area (Å²) in [6.45, 7) is 6.24. The molecule has 0 saturated heterocycles. The predicted octanol–water partition coefficient (Wildman–Crippen LogP) is 4.25.